The van der Waals surface area contributed by atoms with E-state index >= 15 is 0 Å². The summed E-state index contributed by atoms with van der Waals surface area (Å²) in [6.45, 7) is -0.0937. The summed E-state index contributed by atoms with van der Waals surface area (Å²) in [6, 6.07) is 0. The molecule has 0 aromatic heterocycles. The topological polar surface area (TPSA) is 91.2 Å². The molecule has 0 spiro atoms. The van der Waals surface area contributed by atoms with Gasteiger partial charge in [0.25, 0.3) is 11.8 Å². The average Bonchev–Trinajstić information content (AvgIpc) is 2.29. The summed E-state index contributed by atoms with van der Waals surface area (Å²) in [7, 11) is 1.39. The maximum Gasteiger partial charge on any atom is 0.266 e. The van der Waals surface area contributed by atoms with Gasteiger partial charge in [0.15, 0.2) is 5.84 Å². The van der Waals surface area contributed by atoms with E-state index in [0.717, 1.165) is 4.90 Å². The van der Waals surface area contributed by atoms with Gasteiger partial charge in [-0.05, 0) is 0 Å². The van der Waals surface area contributed by atoms with Crippen LogP contribution < -0.4 is 5.32 Å². The molecule has 2 amide bonds. The van der Waals surface area contributed by atoms with Gasteiger partial charge in [0.1, 0.15) is 6.61 Å². The lowest BCUT2D eigenvalue weighted by molar-refractivity contribution is -0.151. The van der Waals surface area contributed by atoms with Crippen molar-refractivity contribution in [2.75, 3.05) is 20.2 Å². The minimum Gasteiger partial charge on any atom is -0.409 e. The molecule has 1 aliphatic heterocycles. The van der Waals surface area contributed by atoms with Crippen molar-refractivity contribution in [3.8, 4) is 12.3 Å². The van der Waals surface area contributed by atoms with Crippen LogP contribution in [0.15, 0.2) is 5.16 Å². The third kappa shape index (κ3) is 2.29. The number of oxime groups is 1. The predicted molar refractivity (Wildman–Crippen MR) is 53.6 cm³/mol. The molecular weight excluding hydrogens is 214 g/mol. The zero-order valence-electron chi connectivity index (χ0n) is 8.64. The molecule has 1 atom stereocenters. The van der Waals surface area contributed by atoms with Crippen molar-refractivity contribution in [1.82, 2.24) is 10.2 Å². The van der Waals surface area contributed by atoms with Crippen LogP contribution in [0.25, 0.3) is 0 Å². The Balaban J connectivity index is 2.69. The van der Waals surface area contributed by atoms with Crippen molar-refractivity contribution in [3.05, 3.63) is 0 Å². The summed E-state index contributed by atoms with van der Waals surface area (Å²) in [4.78, 5) is 24.1. The molecule has 0 aromatic carbocycles. The quantitative estimate of drug-likeness (QED) is 0.256. The van der Waals surface area contributed by atoms with Gasteiger partial charge in [-0.2, -0.15) is 0 Å². The average molecular weight is 225 g/mol. The molecule has 0 saturated carbocycles. The zero-order chi connectivity index (χ0) is 12.1. The summed E-state index contributed by atoms with van der Waals surface area (Å²) < 4.78 is 4.96. The van der Waals surface area contributed by atoms with Crippen molar-refractivity contribution in [1.29, 1.82) is 0 Å². The Bertz CT molecular complexity index is 371. The summed E-state index contributed by atoms with van der Waals surface area (Å²) in [6.07, 6.45) is 3.71. The standard InChI is InChI=1S/C9H11N3O4/c1-3-4-10-8(13)7-9(14)12(2)6(11-15)5-16-7/h1,7,15H,4-5H2,2H3,(H,10,13). The minimum atomic E-state index is -1.25. The van der Waals surface area contributed by atoms with Crippen LogP contribution in [0.3, 0.4) is 0 Å². The Labute approximate surface area is 92.0 Å². The van der Waals surface area contributed by atoms with Crippen molar-refractivity contribution >= 4 is 17.6 Å². The number of ether oxygens (including phenoxy) is 1. The Morgan fingerprint density at radius 2 is 2.56 bits per heavy atom. The second-order valence-electron chi connectivity index (χ2n) is 3.03. The van der Waals surface area contributed by atoms with Gasteiger partial charge in [0.05, 0.1) is 6.54 Å². The van der Waals surface area contributed by atoms with E-state index in [1.165, 1.54) is 7.05 Å². The van der Waals surface area contributed by atoms with Gasteiger partial charge in [-0.25, -0.2) is 0 Å². The second-order valence-corrected chi connectivity index (χ2v) is 3.03. The normalized spacial score (nSPS) is 23.0. The number of amidine groups is 1. The lowest BCUT2D eigenvalue weighted by atomic mass is 10.2. The fourth-order valence-electron chi connectivity index (χ4n) is 1.14. The predicted octanol–water partition coefficient (Wildman–Crippen LogP) is -1.62. The van der Waals surface area contributed by atoms with E-state index in [1.807, 2.05) is 0 Å². The highest BCUT2D eigenvalue weighted by atomic mass is 16.5. The first-order valence-corrected chi connectivity index (χ1v) is 4.43. The molecule has 1 aliphatic rings. The molecule has 1 rings (SSSR count). The van der Waals surface area contributed by atoms with Gasteiger partial charge in [-0.15, -0.1) is 6.42 Å². The molecule has 2 N–H and O–H groups in total. The summed E-state index contributed by atoms with van der Waals surface area (Å²) >= 11 is 0. The van der Waals surface area contributed by atoms with Crippen molar-refractivity contribution in [2.24, 2.45) is 5.16 Å². The number of amides is 2. The molecule has 1 fully saturated rings. The van der Waals surface area contributed by atoms with Gasteiger partial charge < -0.3 is 15.3 Å². The van der Waals surface area contributed by atoms with E-state index in [1.54, 1.807) is 0 Å². The fraction of sp³-hybridized carbons (Fsp3) is 0.444. The third-order valence-corrected chi connectivity index (χ3v) is 2.04. The van der Waals surface area contributed by atoms with Crippen LogP contribution in [0.2, 0.25) is 0 Å². The number of terminal acetylenes is 1. The first-order chi connectivity index (χ1) is 7.61. The van der Waals surface area contributed by atoms with Crippen molar-refractivity contribution in [3.63, 3.8) is 0 Å². The van der Waals surface area contributed by atoms with Crippen molar-refractivity contribution in [2.45, 2.75) is 6.10 Å². The first-order valence-electron chi connectivity index (χ1n) is 4.43. The highest BCUT2D eigenvalue weighted by Crippen LogP contribution is 2.07. The number of likely N-dealkylation sites (N-methyl/N-ethyl adjacent to an activating group) is 1. The molecule has 7 nitrogen and oxygen atoms in total. The van der Waals surface area contributed by atoms with Crippen LogP contribution in [0, 0.1) is 12.3 Å². The number of carbonyl (C=O) groups excluding carboxylic acids is 2. The largest absolute Gasteiger partial charge is 0.409 e. The zero-order valence-corrected chi connectivity index (χ0v) is 8.64. The third-order valence-electron chi connectivity index (χ3n) is 2.04. The van der Waals surface area contributed by atoms with E-state index in [4.69, 9.17) is 16.4 Å². The number of nitrogens with one attached hydrogen (secondary N) is 1. The monoisotopic (exact) mass is 225 g/mol. The van der Waals surface area contributed by atoms with Gasteiger partial charge in [0, 0.05) is 7.05 Å². The highest BCUT2D eigenvalue weighted by molar-refractivity contribution is 6.11. The lowest BCUT2D eigenvalue weighted by Gasteiger charge is -2.28. The summed E-state index contributed by atoms with van der Waals surface area (Å²) in [5, 5.41) is 13.7. The Morgan fingerprint density at radius 3 is 3.12 bits per heavy atom. The summed E-state index contributed by atoms with van der Waals surface area (Å²) in [5.41, 5.74) is 0. The van der Waals surface area contributed by atoms with Crippen LogP contribution >= 0.6 is 0 Å². The van der Waals surface area contributed by atoms with Gasteiger partial charge in [-0.1, -0.05) is 11.1 Å². The molecule has 16 heavy (non-hydrogen) atoms. The lowest BCUT2D eigenvalue weighted by Crippen LogP contribution is -2.55. The number of hydrogen-bond donors (Lipinski definition) is 2. The maximum absolute atomic E-state index is 11.6. The van der Waals surface area contributed by atoms with Gasteiger partial charge in [-0.3, -0.25) is 14.5 Å². The first kappa shape index (κ1) is 12.0. The van der Waals surface area contributed by atoms with E-state index in [0.29, 0.717) is 0 Å². The van der Waals surface area contributed by atoms with E-state index in [-0.39, 0.29) is 19.0 Å². The molecule has 0 radical (unpaired) electrons. The number of carbonyl (C=O) groups is 2. The maximum atomic E-state index is 11.6. The molecule has 0 aliphatic carbocycles. The molecule has 7 heteroatoms. The fourth-order valence-corrected chi connectivity index (χ4v) is 1.14. The number of hydrogen-bond acceptors (Lipinski definition) is 5. The van der Waals surface area contributed by atoms with E-state index in [9.17, 15) is 9.59 Å². The molecule has 1 saturated heterocycles. The van der Waals surface area contributed by atoms with Crippen molar-refractivity contribution < 1.29 is 19.5 Å². The van der Waals surface area contributed by atoms with E-state index in [2.05, 4.69) is 16.4 Å². The van der Waals surface area contributed by atoms with Crippen LogP contribution in [0.4, 0.5) is 0 Å². The van der Waals surface area contributed by atoms with Crippen LogP contribution in [0.1, 0.15) is 0 Å². The molecular formula is C9H11N3O4. The molecule has 0 aromatic rings. The van der Waals surface area contributed by atoms with Gasteiger partial charge in [0.2, 0.25) is 6.10 Å². The Morgan fingerprint density at radius 1 is 1.88 bits per heavy atom. The van der Waals surface area contributed by atoms with E-state index < -0.39 is 17.9 Å². The number of morpholine rings is 1. The number of rotatable bonds is 2. The molecule has 1 heterocycles. The SMILES string of the molecule is C#CCNC(=O)C1OCC(=NO)N(C)C1=O. The Kier molecular flexibility index (Phi) is 3.85. The highest BCUT2D eigenvalue weighted by Gasteiger charge is 2.36. The van der Waals surface area contributed by atoms with Crippen LogP contribution in [0.5, 0.6) is 0 Å². The smallest absolute Gasteiger partial charge is 0.266 e. The minimum absolute atomic E-state index is 0.0244. The van der Waals surface area contributed by atoms with Crippen LogP contribution in [-0.2, 0) is 14.3 Å². The summed E-state index contributed by atoms with van der Waals surface area (Å²) in [5.74, 6) is 1.05. The molecule has 1 unspecified atom stereocenters. The van der Waals surface area contributed by atoms with Crippen LogP contribution in [-0.4, -0.2) is 54.1 Å². The molecule has 0 bridgehead atoms. The molecule has 86 valence electrons. The number of nitrogens with zero attached hydrogens (tertiary/aromatic N) is 2. The van der Waals surface area contributed by atoms with Gasteiger partial charge >= 0.3 is 0 Å². The Hall–Kier alpha value is -2.07. The second kappa shape index (κ2) is 5.14.